The lowest BCUT2D eigenvalue weighted by Gasteiger charge is -2.34. The van der Waals surface area contributed by atoms with E-state index in [9.17, 15) is 5.11 Å². The van der Waals surface area contributed by atoms with E-state index in [4.69, 9.17) is 18.0 Å². The van der Waals surface area contributed by atoms with E-state index >= 15 is 0 Å². The summed E-state index contributed by atoms with van der Waals surface area (Å²) >= 11 is 4.97. The third-order valence-electron chi connectivity index (χ3n) is 3.58. The number of aliphatic hydroxyl groups is 1. The highest BCUT2D eigenvalue weighted by atomic mass is 32.1. The van der Waals surface area contributed by atoms with Crippen molar-refractivity contribution in [3.63, 3.8) is 0 Å². The van der Waals surface area contributed by atoms with Gasteiger partial charge in [-0.15, -0.1) is 0 Å². The molecule has 1 fully saturated rings. The molecule has 0 bridgehead atoms. The quantitative estimate of drug-likeness (QED) is 0.807. The molecule has 1 aliphatic heterocycles. The first-order valence-corrected chi connectivity index (χ1v) is 6.67. The monoisotopic (exact) mass is 265 g/mol. The van der Waals surface area contributed by atoms with Gasteiger partial charge in [-0.2, -0.15) is 0 Å². The number of pyridine rings is 1. The molecule has 1 atom stereocenters. The Bertz CT molecular complexity index is 428. The van der Waals surface area contributed by atoms with Crippen LogP contribution in [0.1, 0.15) is 25.3 Å². The molecule has 0 aromatic carbocycles. The topological polar surface area (TPSA) is 62.4 Å². The molecule has 1 aromatic rings. The van der Waals surface area contributed by atoms with Crippen LogP contribution in [0.2, 0.25) is 0 Å². The molecule has 0 amide bonds. The number of thiocarbonyl (C=S) groups is 1. The van der Waals surface area contributed by atoms with Crippen molar-refractivity contribution in [2.75, 3.05) is 18.0 Å². The molecule has 0 spiro atoms. The maximum atomic E-state index is 9.58. The molecule has 0 saturated carbocycles. The maximum absolute atomic E-state index is 9.58. The summed E-state index contributed by atoms with van der Waals surface area (Å²) in [6.07, 6.45) is 3.51. The fourth-order valence-corrected chi connectivity index (χ4v) is 2.48. The lowest BCUT2D eigenvalue weighted by Crippen LogP contribution is -2.37. The molecule has 1 aliphatic rings. The van der Waals surface area contributed by atoms with Crippen LogP contribution in [0.3, 0.4) is 0 Å². The van der Waals surface area contributed by atoms with Crippen molar-refractivity contribution in [2.24, 2.45) is 11.7 Å². The van der Waals surface area contributed by atoms with Gasteiger partial charge in [0.25, 0.3) is 0 Å². The molecule has 2 rings (SSSR count). The summed E-state index contributed by atoms with van der Waals surface area (Å²) in [6, 6.07) is 3.76. The Morgan fingerprint density at radius 1 is 1.56 bits per heavy atom. The molecule has 98 valence electrons. The van der Waals surface area contributed by atoms with E-state index in [1.54, 1.807) is 6.20 Å². The van der Waals surface area contributed by atoms with E-state index < -0.39 is 0 Å². The first kappa shape index (κ1) is 13.2. The molecule has 1 aromatic heterocycles. The Hall–Kier alpha value is -1.20. The van der Waals surface area contributed by atoms with E-state index in [1.807, 2.05) is 19.1 Å². The minimum atomic E-state index is -0.219. The van der Waals surface area contributed by atoms with E-state index in [0.717, 1.165) is 37.3 Å². The van der Waals surface area contributed by atoms with Crippen LogP contribution in [0.25, 0.3) is 0 Å². The van der Waals surface area contributed by atoms with Crippen molar-refractivity contribution in [1.82, 2.24) is 4.98 Å². The number of hydrogen-bond acceptors (Lipinski definition) is 4. The van der Waals surface area contributed by atoms with Crippen molar-refractivity contribution in [1.29, 1.82) is 0 Å². The zero-order chi connectivity index (χ0) is 13.1. The van der Waals surface area contributed by atoms with Gasteiger partial charge in [0.2, 0.25) is 0 Å². The first-order chi connectivity index (χ1) is 8.58. The summed E-state index contributed by atoms with van der Waals surface area (Å²) in [5.41, 5.74) is 6.48. The molecule has 18 heavy (non-hydrogen) atoms. The number of piperidine rings is 1. The third-order valence-corrected chi connectivity index (χ3v) is 3.81. The summed E-state index contributed by atoms with van der Waals surface area (Å²) < 4.78 is 0. The van der Waals surface area contributed by atoms with Gasteiger partial charge in [-0.05, 0) is 37.8 Å². The third kappa shape index (κ3) is 2.97. The molecular formula is C13H19N3OS. The molecule has 5 heteroatoms. The Labute approximate surface area is 113 Å². The number of aromatic nitrogens is 1. The predicted molar refractivity (Wildman–Crippen MR) is 76.7 cm³/mol. The standard InChI is InChI=1S/C13H19N3OS/c1-9(17)10-3-6-16(7-4-10)12-8-11(13(14)18)2-5-15-12/h2,5,8-10,17H,3-4,6-7H2,1H3,(H2,14,18). The number of nitrogens with zero attached hydrogens (tertiary/aromatic N) is 2. The molecule has 2 heterocycles. The average Bonchev–Trinajstić information content (AvgIpc) is 2.39. The fraction of sp³-hybridized carbons (Fsp3) is 0.538. The van der Waals surface area contributed by atoms with Gasteiger partial charge in [0, 0.05) is 24.8 Å². The fourth-order valence-electron chi connectivity index (χ4n) is 2.36. The highest BCUT2D eigenvalue weighted by molar-refractivity contribution is 7.80. The van der Waals surface area contributed by atoms with Gasteiger partial charge < -0.3 is 15.7 Å². The Kier molecular flexibility index (Phi) is 4.14. The van der Waals surface area contributed by atoms with Crippen LogP contribution in [-0.2, 0) is 0 Å². The maximum Gasteiger partial charge on any atom is 0.129 e. The van der Waals surface area contributed by atoms with Crippen molar-refractivity contribution in [3.8, 4) is 0 Å². The van der Waals surface area contributed by atoms with Gasteiger partial charge in [-0.3, -0.25) is 0 Å². The second-order valence-electron chi connectivity index (χ2n) is 4.83. The highest BCUT2D eigenvalue weighted by Crippen LogP contribution is 2.24. The van der Waals surface area contributed by atoms with Crippen molar-refractivity contribution < 1.29 is 5.11 Å². The van der Waals surface area contributed by atoms with E-state index in [-0.39, 0.29) is 6.10 Å². The number of rotatable bonds is 3. The van der Waals surface area contributed by atoms with E-state index in [2.05, 4.69) is 9.88 Å². The van der Waals surface area contributed by atoms with E-state index in [1.165, 1.54) is 0 Å². The van der Waals surface area contributed by atoms with E-state index in [0.29, 0.717) is 10.9 Å². The number of aliphatic hydroxyl groups excluding tert-OH is 1. The van der Waals surface area contributed by atoms with Crippen LogP contribution in [0, 0.1) is 5.92 Å². The largest absolute Gasteiger partial charge is 0.393 e. The molecule has 0 aliphatic carbocycles. The predicted octanol–water partition coefficient (Wildman–Crippen LogP) is 1.31. The van der Waals surface area contributed by atoms with Gasteiger partial charge >= 0.3 is 0 Å². The van der Waals surface area contributed by atoms with Crippen LogP contribution in [-0.4, -0.2) is 34.3 Å². The normalized spacial score (nSPS) is 18.7. The summed E-state index contributed by atoms with van der Waals surface area (Å²) in [5.74, 6) is 1.32. The first-order valence-electron chi connectivity index (χ1n) is 6.27. The zero-order valence-electron chi connectivity index (χ0n) is 10.5. The Morgan fingerprint density at radius 3 is 2.78 bits per heavy atom. The minimum absolute atomic E-state index is 0.219. The number of nitrogens with two attached hydrogens (primary N) is 1. The average molecular weight is 265 g/mol. The van der Waals surface area contributed by atoms with Crippen molar-refractivity contribution >= 4 is 23.0 Å². The number of anilines is 1. The van der Waals surface area contributed by atoms with Gasteiger partial charge in [0.1, 0.15) is 10.8 Å². The Balaban J connectivity index is 2.05. The zero-order valence-corrected chi connectivity index (χ0v) is 11.4. The molecule has 1 saturated heterocycles. The summed E-state index contributed by atoms with van der Waals surface area (Å²) in [5, 5.41) is 9.58. The molecule has 3 N–H and O–H groups in total. The van der Waals surface area contributed by atoms with Gasteiger partial charge in [0.05, 0.1) is 6.10 Å². The molecule has 4 nitrogen and oxygen atoms in total. The highest BCUT2D eigenvalue weighted by Gasteiger charge is 2.23. The summed E-state index contributed by atoms with van der Waals surface area (Å²) in [7, 11) is 0. The Morgan fingerprint density at radius 2 is 2.22 bits per heavy atom. The second-order valence-corrected chi connectivity index (χ2v) is 5.27. The van der Waals surface area contributed by atoms with Crippen LogP contribution in [0.4, 0.5) is 5.82 Å². The number of hydrogen-bond donors (Lipinski definition) is 2. The SMILES string of the molecule is CC(O)C1CCN(c2cc(C(N)=S)ccn2)CC1. The van der Waals surface area contributed by atoms with Crippen LogP contribution in [0.5, 0.6) is 0 Å². The molecule has 1 unspecified atom stereocenters. The lowest BCUT2D eigenvalue weighted by atomic mass is 9.92. The van der Waals surface area contributed by atoms with Gasteiger partial charge in [0.15, 0.2) is 0 Å². The summed E-state index contributed by atoms with van der Waals surface area (Å²) in [4.78, 5) is 6.99. The van der Waals surface area contributed by atoms with Crippen LogP contribution in [0.15, 0.2) is 18.3 Å². The molecular weight excluding hydrogens is 246 g/mol. The van der Waals surface area contributed by atoms with Gasteiger partial charge in [-0.25, -0.2) is 4.98 Å². The molecule has 0 radical (unpaired) electrons. The minimum Gasteiger partial charge on any atom is -0.393 e. The van der Waals surface area contributed by atoms with Crippen LogP contribution < -0.4 is 10.6 Å². The van der Waals surface area contributed by atoms with Crippen molar-refractivity contribution in [2.45, 2.75) is 25.9 Å². The summed E-state index contributed by atoms with van der Waals surface area (Å²) in [6.45, 7) is 3.71. The van der Waals surface area contributed by atoms with Crippen LogP contribution >= 0.6 is 12.2 Å². The second kappa shape index (κ2) is 5.63. The van der Waals surface area contributed by atoms with Gasteiger partial charge in [-0.1, -0.05) is 12.2 Å². The lowest BCUT2D eigenvalue weighted by molar-refractivity contribution is 0.110. The van der Waals surface area contributed by atoms with Crippen molar-refractivity contribution in [3.05, 3.63) is 23.9 Å². The smallest absolute Gasteiger partial charge is 0.129 e.